The molecule has 1 aromatic rings. The standard InChI is InChI=1S/C12H14Cl2N2O3/c1-3-19-12(18)10(15)11(17)16-9-5-7(13)6(2)4-8(9)14/h4-5,10H,3,15H2,1-2H3,(H,16,17). The molecule has 0 aliphatic carbocycles. The van der Waals surface area contributed by atoms with Crippen molar-refractivity contribution in [3.05, 3.63) is 27.7 Å². The Balaban J connectivity index is 2.82. The van der Waals surface area contributed by atoms with E-state index in [1.807, 2.05) is 0 Å². The molecule has 0 fully saturated rings. The number of carbonyl (C=O) groups is 2. The second kappa shape index (κ2) is 6.75. The Morgan fingerprint density at radius 2 is 2.00 bits per heavy atom. The molecule has 0 aromatic heterocycles. The van der Waals surface area contributed by atoms with Gasteiger partial charge in [0, 0.05) is 5.02 Å². The van der Waals surface area contributed by atoms with Crippen molar-refractivity contribution in [2.24, 2.45) is 5.73 Å². The second-order valence-electron chi connectivity index (χ2n) is 3.80. The lowest BCUT2D eigenvalue weighted by molar-refractivity contribution is -0.146. The summed E-state index contributed by atoms with van der Waals surface area (Å²) in [6, 6.07) is 1.70. The van der Waals surface area contributed by atoms with Crippen molar-refractivity contribution >= 4 is 40.8 Å². The molecule has 0 spiro atoms. The Morgan fingerprint density at radius 3 is 2.58 bits per heavy atom. The van der Waals surface area contributed by atoms with Crippen molar-refractivity contribution in [1.82, 2.24) is 0 Å². The maximum Gasteiger partial charge on any atom is 0.332 e. The number of nitrogens with one attached hydrogen (secondary N) is 1. The predicted molar refractivity (Wildman–Crippen MR) is 74.4 cm³/mol. The van der Waals surface area contributed by atoms with Crippen LogP contribution in [0, 0.1) is 6.92 Å². The molecule has 5 nitrogen and oxygen atoms in total. The maximum atomic E-state index is 11.7. The van der Waals surface area contributed by atoms with Gasteiger partial charge in [-0.05, 0) is 31.5 Å². The van der Waals surface area contributed by atoms with Gasteiger partial charge in [0.25, 0.3) is 5.91 Å². The van der Waals surface area contributed by atoms with Crippen LogP contribution in [0.15, 0.2) is 12.1 Å². The number of benzene rings is 1. The summed E-state index contributed by atoms with van der Waals surface area (Å²) in [7, 11) is 0. The van der Waals surface area contributed by atoms with Gasteiger partial charge >= 0.3 is 5.97 Å². The monoisotopic (exact) mass is 304 g/mol. The van der Waals surface area contributed by atoms with Crippen LogP contribution in [0.3, 0.4) is 0 Å². The van der Waals surface area contributed by atoms with Gasteiger partial charge in [-0.2, -0.15) is 0 Å². The van der Waals surface area contributed by atoms with Crippen LogP contribution in [-0.4, -0.2) is 24.5 Å². The third kappa shape index (κ3) is 4.09. The van der Waals surface area contributed by atoms with Gasteiger partial charge in [0.1, 0.15) is 0 Å². The highest BCUT2D eigenvalue weighted by Gasteiger charge is 2.24. The minimum absolute atomic E-state index is 0.150. The lowest BCUT2D eigenvalue weighted by Gasteiger charge is -2.13. The smallest absolute Gasteiger partial charge is 0.332 e. The van der Waals surface area contributed by atoms with E-state index in [1.165, 1.54) is 6.07 Å². The van der Waals surface area contributed by atoms with Gasteiger partial charge in [-0.15, -0.1) is 0 Å². The van der Waals surface area contributed by atoms with Crippen LogP contribution in [0.2, 0.25) is 10.0 Å². The molecular formula is C12H14Cl2N2O3. The third-order valence-corrected chi connectivity index (χ3v) is 3.05. The molecule has 0 bridgehead atoms. The number of rotatable bonds is 4. The van der Waals surface area contributed by atoms with E-state index >= 15 is 0 Å². The molecule has 1 aromatic carbocycles. The molecule has 1 amide bonds. The summed E-state index contributed by atoms with van der Waals surface area (Å²) in [4.78, 5) is 23.1. The molecular weight excluding hydrogens is 291 g/mol. The summed E-state index contributed by atoms with van der Waals surface area (Å²) in [5.41, 5.74) is 6.52. The van der Waals surface area contributed by atoms with Gasteiger partial charge in [-0.1, -0.05) is 23.2 Å². The number of amides is 1. The molecule has 1 unspecified atom stereocenters. The topological polar surface area (TPSA) is 81.4 Å². The Kier molecular flexibility index (Phi) is 5.60. The Hall–Kier alpha value is -1.30. The van der Waals surface area contributed by atoms with Crippen molar-refractivity contribution in [2.45, 2.75) is 19.9 Å². The first kappa shape index (κ1) is 15.8. The maximum absolute atomic E-state index is 11.7. The zero-order chi connectivity index (χ0) is 14.6. The van der Waals surface area contributed by atoms with E-state index in [1.54, 1.807) is 19.9 Å². The van der Waals surface area contributed by atoms with Crippen LogP contribution < -0.4 is 11.1 Å². The predicted octanol–water partition coefficient (Wildman–Crippen LogP) is 2.13. The highest BCUT2D eigenvalue weighted by atomic mass is 35.5. The second-order valence-corrected chi connectivity index (χ2v) is 4.61. The van der Waals surface area contributed by atoms with E-state index in [4.69, 9.17) is 28.9 Å². The van der Waals surface area contributed by atoms with E-state index in [0.717, 1.165) is 5.56 Å². The number of esters is 1. The van der Waals surface area contributed by atoms with Crippen LogP contribution in [-0.2, 0) is 14.3 Å². The van der Waals surface area contributed by atoms with Gasteiger partial charge in [0.15, 0.2) is 6.04 Å². The average Bonchev–Trinajstić information content (AvgIpc) is 2.35. The summed E-state index contributed by atoms with van der Waals surface area (Å²) in [5, 5.41) is 3.20. The van der Waals surface area contributed by atoms with E-state index in [-0.39, 0.29) is 6.61 Å². The van der Waals surface area contributed by atoms with Crippen LogP contribution in [0.5, 0.6) is 0 Å². The van der Waals surface area contributed by atoms with Gasteiger partial charge in [-0.3, -0.25) is 4.79 Å². The largest absolute Gasteiger partial charge is 0.464 e. The number of carbonyl (C=O) groups excluding carboxylic acids is 2. The highest BCUT2D eigenvalue weighted by Crippen LogP contribution is 2.28. The molecule has 19 heavy (non-hydrogen) atoms. The summed E-state index contributed by atoms with van der Waals surface area (Å²) < 4.78 is 4.65. The van der Waals surface area contributed by atoms with Crippen molar-refractivity contribution in [3.8, 4) is 0 Å². The van der Waals surface area contributed by atoms with Crippen molar-refractivity contribution in [2.75, 3.05) is 11.9 Å². The first-order valence-corrected chi connectivity index (χ1v) is 6.31. The molecule has 0 saturated carbocycles. The number of ether oxygens (including phenoxy) is 1. The molecule has 3 N–H and O–H groups in total. The fraction of sp³-hybridized carbons (Fsp3) is 0.333. The Morgan fingerprint density at radius 1 is 1.37 bits per heavy atom. The lowest BCUT2D eigenvalue weighted by atomic mass is 10.2. The minimum Gasteiger partial charge on any atom is -0.464 e. The molecule has 1 atom stereocenters. The van der Waals surface area contributed by atoms with Gasteiger partial charge in [-0.25, -0.2) is 4.79 Å². The number of nitrogens with two attached hydrogens (primary N) is 1. The van der Waals surface area contributed by atoms with Crippen molar-refractivity contribution < 1.29 is 14.3 Å². The SMILES string of the molecule is CCOC(=O)C(N)C(=O)Nc1cc(Cl)c(C)cc1Cl. The first-order chi connectivity index (χ1) is 8.86. The molecule has 0 aliphatic heterocycles. The fourth-order valence-electron chi connectivity index (χ4n) is 1.29. The molecule has 0 aliphatic rings. The summed E-state index contributed by atoms with van der Waals surface area (Å²) >= 11 is 11.9. The van der Waals surface area contributed by atoms with Gasteiger partial charge in [0.05, 0.1) is 17.3 Å². The minimum atomic E-state index is -1.41. The molecule has 0 radical (unpaired) electrons. The van der Waals surface area contributed by atoms with E-state index in [0.29, 0.717) is 15.7 Å². The molecule has 1 rings (SSSR count). The Bertz CT molecular complexity index is 506. The first-order valence-electron chi connectivity index (χ1n) is 5.55. The summed E-state index contributed by atoms with van der Waals surface area (Å²) in [6.07, 6.45) is 0. The highest BCUT2D eigenvalue weighted by molar-refractivity contribution is 6.36. The number of aryl methyl sites for hydroxylation is 1. The molecule has 0 heterocycles. The summed E-state index contributed by atoms with van der Waals surface area (Å²) in [5.74, 6) is -1.50. The quantitative estimate of drug-likeness (QED) is 0.659. The van der Waals surface area contributed by atoms with E-state index in [2.05, 4.69) is 10.1 Å². The summed E-state index contributed by atoms with van der Waals surface area (Å²) in [6.45, 7) is 3.56. The lowest BCUT2D eigenvalue weighted by Crippen LogP contribution is -2.43. The van der Waals surface area contributed by atoms with Gasteiger partial charge in [0.2, 0.25) is 0 Å². The Labute approximate surface area is 121 Å². The molecule has 104 valence electrons. The third-order valence-electron chi connectivity index (χ3n) is 2.33. The van der Waals surface area contributed by atoms with Crippen molar-refractivity contribution in [3.63, 3.8) is 0 Å². The number of halogens is 2. The molecule has 7 heteroatoms. The normalized spacial score (nSPS) is 11.8. The number of anilines is 1. The average molecular weight is 305 g/mol. The van der Waals surface area contributed by atoms with Crippen LogP contribution in [0.1, 0.15) is 12.5 Å². The van der Waals surface area contributed by atoms with E-state index in [9.17, 15) is 9.59 Å². The van der Waals surface area contributed by atoms with Gasteiger partial charge < -0.3 is 15.8 Å². The number of hydrogen-bond acceptors (Lipinski definition) is 4. The molecule has 0 saturated heterocycles. The van der Waals surface area contributed by atoms with Crippen LogP contribution in [0.25, 0.3) is 0 Å². The zero-order valence-corrected chi connectivity index (χ0v) is 12.0. The van der Waals surface area contributed by atoms with Crippen LogP contribution in [0.4, 0.5) is 5.69 Å². The number of hydrogen-bond donors (Lipinski definition) is 2. The fourth-order valence-corrected chi connectivity index (χ4v) is 1.72. The zero-order valence-electron chi connectivity index (χ0n) is 10.5. The van der Waals surface area contributed by atoms with E-state index < -0.39 is 17.9 Å². The van der Waals surface area contributed by atoms with Crippen LogP contribution >= 0.6 is 23.2 Å². The van der Waals surface area contributed by atoms with Crippen molar-refractivity contribution in [1.29, 1.82) is 0 Å².